The second-order valence-electron chi connectivity index (χ2n) is 4.11. The Bertz CT molecular complexity index is 586. The van der Waals surface area contributed by atoms with Crippen molar-refractivity contribution >= 4 is 21.8 Å². The summed E-state index contributed by atoms with van der Waals surface area (Å²) in [5, 5.41) is 13.1. The molecule has 1 aromatic heterocycles. The first-order chi connectivity index (χ1) is 9.67. The molecule has 1 N–H and O–H groups in total. The van der Waals surface area contributed by atoms with Crippen LogP contribution >= 0.6 is 15.9 Å². The molecule has 0 radical (unpaired) electrons. The van der Waals surface area contributed by atoms with E-state index in [2.05, 4.69) is 26.0 Å². The lowest BCUT2D eigenvalue weighted by Crippen LogP contribution is -2.34. The lowest BCUT2D eigenvalue weighted by atomic mass is 10.1. The number of aromatic nitrogens is 3. The van der Waals surface area contributed by atoms with Crippen molar-refractivity contribution in [1.29, 1.82) is 0 Å². The number of amides is 1. The largest absolute Gasteiger partial charge is 0.395 e. The van der Waals surface area contributed by atoms with Crippen LogP contribution in [0.25, 0.3) is 5.69 Å². The summed E-state index contributed by atoms with van der Waals surface area (Å²) in [6, 6.07) is 5.36. The summed E-state index contributed by atoms with van der Waals surface area (Å²) < 4.78 is 2.40. The van der Waals surface area contributed by atoms with Crippen LogP contribution in [0.3, 0.4) is 0 Å². The standard InChI is InChI=1S/C13H15BrN4O2/c1-2-17(5-6-19)13(20)11-4-3-10(14)7-12(11)18-9-15-8-16-18/h3-4,7-9,19H,2,5-6H2,1H3. The summed E-state index contributed by atoms with van der Waals surface area (Å²) in [6.07, 6.45) is 2.96. The van der Waals surface area contributed by atoms with E-state index in [0.29, 0.717) is 24.3 Å². The average Bonchev–Trinajstić information content (AvgIpc) is 2.98. The molecule has 20 heavy (non-hydrogen) atoms. The Kier molecular flexibility index (Phi) is 4.86. The molecule has 0 atom stereocenters. The van der Waals surface area contributed by atoms with Crippen LogP contribution in [-0.4, -0.2) is 50.4 Å². The van der Waals surface area contributed by atoms with E-state index in [-0.39, 0.29) is 12.5 Å². The zero-order valence-corrected chi connectivity index (χ0v) is 12.6. The van der Waals surface area contributed by atoms with Crippen molar-refractivity contribution in [2.24, 2.45) is 0 Å². The van der Waals surface area contributed by atoms with Gasteiger partial charge in [0.2, 0.25) is 0 Å². The van der Waals surface area contributed by atoms with Crippen molar-refractivity contribution in [3.05, 3.63) is 40.9 Å². The molecule has 2 aromatic rings. The lowest BCUT2D eigenvalue weighted by Gasteiger charge is -2.21. The highest BCUT2D eigenvalue weighted by Gasteiger charge is 2.18. The van der Waals surface area contributed by atoms with Crippen molar-refractivity contribution in [3.8, 4) is 5.69 Å². The summed E-state index contributed by atoms with van der Waals surface area (Å²) >= 11 is 3.39. The molecule has 1 amide bonds. The first-order valence-corrected chi connectivity index (χ1v) is 7.01. The summed E-state index contributed by atoms with van der Waals surface area (Å²) in [6.45, 7) is 2.66. The van der Waals surface area contributed by atoms with Gasteiger partial charge in [0, 0.05) is 17.6 Å². The molecule has 7 heteroatoms. The number of hydrogen-bond donors (Lipinski definition) is 1. The number of carbonyl (C=O) groups is 1. The molecule has 0 aliphatic rings. The second-order valence-corrected chi connectivity index (χ2v) is 5.03. The number of nitrogens with zero attached hydrogens (tertiary/aromatic N) is 4. The predicted octanol–water partition coefficient (Wildman–Crippen LogP) is 1.48. The van der Waals surface area contributed by atoms with Gasteiger partial charge in [-0.05, 0) is 25.1 Å². The number of aliphatic hydroxyl groups excluding tert-OH is 1. The Hall–Kier alpha value is -1.73. The van der Waals surface area contributed by atoms with Crippen LogP contribution in [0.2, 0.25) is 0 Å². The third-order valence-corrected chi connectivity index (χ3v) is 3.39. The summed E-state index contributed by atoms with van der Waals surface area (Å²) in [5.74, 6) is -0.139. The van der Waals surface area contributed by atoms with E-state index in [1.165, 1.54) is 6.33 Å². The third kappa shape index (κ3) is 3.05. The van der Waals surface area contributed by atoms with E-state index in [0.717, 1.165) is 4.47 Å². The van der Waals surface area contributed by atoms with Crippen LogP contribution in [-0.2, 0) is 0 Å². The van der Waals surface area contributed by atoms with Gasteiger partial charge in [-0.1, -0.05) is 15.9 Å². The zero-order valence-electron chi connectivity index (χ0n) is 11.0. The highest BCUT2D eigenvalue weighted by molar-refractivity contribution is 9.10. The van der Waals surface area contributed by atoms with E-state index < -0.39 is 0 Å². The van der Waals surface area contributed by atoms with Crippen LogP contribution in [0.15, 0.2) is 35.3 Å². The van der Waals surface area contributed by atoms with Crippen molar-refractivity contribution < 1.29 is 9.90 Å². The van der Waals surface area contributed by atoms with Crippen molar-refractivity contribution in [3.63, 3.8) is 0 Å². The fraction of sp³-hybridized carbons (Fsp3) is 0.308. The topological polar surface area (TPSA) is 71.2 Å². The van der Waals surface area contributed by atoms with Crippen molar-refractivity contribution in [2.45, 2.75) is 6.92 Å². The lowest BCUT2D eigenvalue weighted by molar-refractivity contribution is 0.0732. The molecule has 0 fully saturated rings. The number of hydrogen-bond acceptors (Lipinski definition) is 4. The molecular weight excluding hydrogens is 324 g/mol. The van der Waals surface area contributed by atoms with Crippen LogP contribution in [0.4, 0.5) is 0 Å². The monoisotopic (exact) mass is 338 g/mol. The second kappa shape index (κ2) is 6.62. The SMILES string of the molecule is CCN(CCO)C(=O)c1ccc(Br)cc1-n1cncn1. The Labute approximate surface area is 125 Å². The first kappa shape index (κ1) is 14.7. The molecule has 0 bridgehead atoms. The minimum Gasteiger partial charge on any atom is -0.395 e. The number of likely N-dealkylation sites (N-methyl/N-ethyl adjacent to an activating group) is 1. The van der Waals surface area contributed by atoms with Gasteiger partial charge < -0.3 is 10.0 Å². The van der Waals surface area contributed by atoms with Gasteiger partial charge >= 0.3 is 0 Å². The Morgan fingerprint density at radius 2 is 2.30 bits per heavy atom. The molecule has 0 aliphatic carbocycles. The van der Waals surface area contributed by atoms with Crippen LogP contribution in [0, 0.1) is 0 Å². The van der Waals surface area contributed by atoms with E-state index in [9.17, 15) is 4.79 Å². The fourth-order valence-corrected chi connectivity index (χ4v) is 2.25. The summed E-state index contributed by atoms with van der Waals surface area (Å²) in [7, 11) is 0. The molecule has 6 nitrogen and oxygen atoms in total. The highest BCUT2D eigenvalue weighted by atomic mass is 79.9. The molecule has 0 spiro atoms. The van der Waals surface area contributed by atoms with E-state index in [1.807, 2.05) is 13.0 Å². The van der Waals surface area contributed by atoms with Gasteiger partial charge in [-0.2, -0.15) is 5.10 Å². The average molecular weight is 339 g/mol. The molecule has 0 saturated heterocycles. The van der Waals surface area contributed by atoms with Crippen LogP contribution in [0.5, 0.6) is 0 Å². The van der Waals surface area contributed by atoms with E-state index in [4.69, 9.17) is 5.11 Å². The molecule has 1 aromatic carbocycles. The number of carbonyl (C=O) groups excluding carboxylic acids is 1. The van der Waals surface area contributed by atoms with Crippen molar-refractivity contribution in [2.75, 3.05) is 19.7 Å². The Morgan fingerprint density at radius 3 is 2.90 bits per heavy atom. The highest BCUT2D eigenvalue weighted by Crippen LogP contribution is 2.21. The minimum atomic E-state index is -0.139. The van der Waals surface area contributed by atoms with Crippen LogP contribution < -0.4 is 0 Å². The molecule has 106 valence electrons. The van der Waals surface area contributed by atoms with Gasteiger partial charge in [0.1, 0.15) is 12.7 Å². The number of benzene rings is 1. The van der Waals surface area contributed by atoms with Crippen LogP contribution in [0.1, 0.15) is 17.3 Å². The smallest absolute Gasteiger partial charge is 0.256 e. The summed E-state index contributed by atoms with van der Waals surface area (Å²) in [4.78, 5) is 18.0. The predicted molar refractivity (Wildman–Crippen MR) is 77.7 cm³/mol. The maximum absolute atomic E-state index is 12.5. The fourth-order valence-electron chi connectivity index (χ4n) is 1.90. The molecular formula is C13H15BrN4O2. The van der Waals surface area contributed by atoms with Gasteiger partial charge in [0.15, 0.2) is 0 Å². The van der Waals surface area contributed by atoms with E-state index in [1.54, 1.807) is 28.0 Å². The summed E-state index contributed by atoms with van der Waals surface area (Å²) in [5.41, 5.74) is 1.17. The normalized spacial score (nSPS) is 10.6. The molecule has 0 unspecified atom stereocenters. The minimum absolute atomic E-state index is 0.0607. The zero-order chi connectivity index (χ0) is 14.5. The Morgan fingerprint density at radius 1 is 1.50 bits per heavy atom. The molecule has 1 heterocycles. The van der Waals surface area contributed by atoms with Gasteiger partial charge in [-0.25, -0.2) is 9.67 Å². The first-order valence-electron chi connectivity index (χ1n) is 6.22. The number of halogens is 1. The maximum Gasteiger partial charge on any atom is 0.256 e. The van der Waals surface area contributed by atoms with Gasteiger partial charge in [-0.15, -0.1) is 0 Å². The third-order valence-electron chi connectivity index (χ3n) is 2.89. The molecule has 2 rings (SSSR count). The molecule has 0 saturated carbocycles. The maximum atomic E-state index is 12.5. The number of rotatable bonds is 5. The van der Waals surface area contributed by atoms with Crippen molar-refractivity contribution in [1.82, 2.24) is 19.7 Å². The number of aliphatic hydroxyl groups is 1. The van der Waals surface area contributed by atoms with Gasteiger partial charge in [-0.3, -0.25) is 4.79 Å². The molecule has 0 aliphatic heterocycles. The quantitative estimate of drug-likeness (QED) is 0.896. The van der Waals surface area contributed by atoms with Gasteiger partial charge in [0.05, 0.1) is 17.9 Å². The van der Waals surface area contributed by atoms with E-state index >= 15 is 0 Å². The van der Waals surface area contributed by atoms with Gasteiger partial charge in [0.25, 0.3) is 5.91 Å². The Balaban J connectivity index is 2.43.